The molecule has 0 fully saturated rings. The van der Waals surface area contributed by atoms with Gasteiger partial charge in [-0.25, -0.2) is 4.79 Å². The molecule has 3 aromatic rings. The average molecular weight is 446 g/mol. The Balaban J connectivity index is 1.71. The number of nitrogens with zero attached hydrogens (tertiary/aromatic N) is 1. The van der Waals surface area contributed by atoms with E-state index in [-0.39, 0.29) is 23.0 Å². The van der Waals surface area contributed by atoms with Gasteiger partial charge in [0, 0.05) is 11.6 Å². The fourth-order valence-corrected chi connectivity index (χ4v) is 3.59. The van der Waals surface area contributed by atoms with E-state index < -0.39 is 11.9 Å². The highest BCUT2D eigenvalue weighted by Crippen LogP contribution is 2.45. The maximum Gasteiger partial charge on any atom is 0.379 e. The number of methoxy groups -OCH3 is 1. The summed E-state index contributed by atoms with van der Waals surface area (Å²) < 4.78 is 27.4. The topological polar surface area (TPSA) is 117 Å². The number of rotatable bonds is 7. The number of fused-ring (bicyclic) bond motifs is 1. The third-order valence-electron chi connectivity index (χ3n) is 5.11. The Labute approximate surface area is 190 Å². The van der Waals surface area contributed by atoms with Crippen LogP contribution < -0.4 is 24.7 Å². The van der Waals surface area contributed by atoms with Crippen molar-refractivity contribution in [3.8, 4) is 29.1 Å². The number of carbonyl (C=O) groups excluding carboxylic acids is 1. The van der Waals surface area contributed by atoms with Gasteiger partial charge in [0.1, 0.15) is 23.1 Å². The summed E-state index contributed by atoms with van der Waals surface area (Å²) in [7, 11) is 1.56. The first-order chi connectivity index (χ1) is 16.0. The highest BCUT2D eigenvalue weighted by Gasteiger charge is 2.32. The minimum absolute atomic E-state index is 0.0187. The number of carbonyl (C=O) groups is 1. The molecule has 8 heteroatoms. The first kappa shape index (κ1) is 21.8. The van der Waals surface area contributed by atoms with Gasteiger partial charge in [0.2, 0.25) is 11.6 Å². The predicted octanol–water partition coefficient (Wildman–Crippen LogP) is 4.51. The van der Waals surface area contributed by atoms with E-state index in [1.165, 1.54) is 12.3 Å². The Morgan fingerprint density at radius 3 is 2.73 bits per heavy atom. The van der Waals surface area contributed by atoms with E-state index >= 15 is 0 Å². The molecule has 0 aliphatic carbocycles. The molecule has 1 atom stereocenters. The van der Waals surface area contributed by atoms with Gasteiger partial charge >= 0.3 is 5.97 Å². The van der Waals surface area contributed by atoms with E-state index in [9.17, 15) is 10.1 Å². The molecule has 0 bridgehead atoms. The van der Waals surface area contributed by atoms with Crippen molar-refractivity contribution < 1.29 is 28.2 Å². The second-order valence-electron chi connectivity index (χ2n) is 7.25. The summed E-state index contributed by atoms with van der Waals surface area (Å²) >= 11 is 0. The fraction of sp³-hybridized carbons (Fsp3) is 0.200. The SMILES string of the molecule is CCCOc1ccc(C2C(C#N)=C(N)Oc3cc(OC(=O)c4ccco4)ccc32)cc1OC. The highest BCUT2D eigenvalue weighted by molar-refractivity contribution is 5.88. The maximum absolute atomic E-state index is 12.2. The van der Waals surface area contributed by atoms with Crippen LogP contribution in [0.2, 0.25) is 0 Å². The lowest BCUT2D eigenvalue weighted by molar-refractivity contribution is 0.0701. The van der Waals surface area contributed by atoms with E-state index in [0.717, 1.165) is 12.0 Å². The first-order valence-electron chi connectivity index (χ1n) is 10.3. The monoisotopic (exact) mass is 446 g/mol. The molecule has 0 amide bonds. The minimum atomic E-state index is -0.638. The number of hydrogen-bond donors (Lipinski definition) is 1. The predicted molar refractivity (Wildman–Crippen MR) is 118 cm³/mol. The Morgan fingerprint density at radius 1 is 1.18 bits per heavy atom. The zero-order valence-corrected chi connectivity index (χ0v) is 18.2. The van der Waals surface area contributed by atoms with Crippen molar-refractivity contribution >= 4 is 5.97 Å². The maximum atomic E-state index is 12.2. The Hall–Kier alpha value is -4.38. The standard InChI is InChI=1S/C25H22N2O6/c1-3-10-30-19-9-6-15(12-22(19)29-2)23-17-8-7-16(32-25(28)20-5-4-11-31-20)13-21(17)33-24(27)18(23)14-26/h4-9,11-13,23H,3,10,27H2,1-2H3. The number of hydrogen-bond acceptors (Lipinski definition) is 8. The van der Waals surface area contributed by atoms with Crippen LogP contribution in [-0.4, -0.2) is 19.7 Å². The quantitative estimate of drug-likeness (QED) is 0.416. The van der Waals surface area contributed by atoms with Crippen LogP contribution in [-0.2, 0) is 0 Å². The number of nitrogens with two attached hydrogens (primary N) is 1. The first-order valence-corrected chi connectivity index (χ1v) is 10.3. The molecule has 0 radical (unpaired) electrons. The normalized spacial score (nSPS) is 14.6. The molecule has 2 heterocycles. The number of benzene rings is 2. The third-order valence-corrected chi connectivity index (χ3v) is 5.11. The van der Waals surface area contributed by atoms with Crippen molar-refractivity contribution in [1.82, 2.24) is 0 Å². The zero-order valence-electron chi connectivity index (χ0n) is 18.2. The van der Waals surface area contributed by atoms with Crippen LogP contribution in [0.4, 0.5) is 0 Å². The summed E-state index contributed by atoms with van der Waals surface area (Å²) in [5.74, 6) is 0.725. The van der Waals surface area contributed by atoms with Crippen molar-refractivity contribution in [3.63, 3.8) is 0 Å². The van der Waals surface area contributed by atoms with Crippen LogP contribution in [0.1, 0.15) is 40.9 Å². The highest BCUT2D eigenvalue weighted by atomic mass is 16.5. The molecule has 2 aromatic carbocycles. The molecule has 1 aliphatic rings. The van der Waals surface area contributed by atoms with Gasteiger partial charge in [-0.1, -0.05) is 19.1 Å². The van der Waals surface area contributed by atoms with Crippen LogP contribution in [0, 0.1) is 11.3 Å². The van der Waals surface area contributed by atoms with E-state index in [2.05, 4.69) is 6.07 Å². The Morgan fingerprint density at radius 2 is 2.03 bits per heavy atom. The summed E-state index contributed by atoms with van der Waals surface area (Å²) in [6, 6.07) is 15.7. The van der Waals surface area contributed by atoms with E-state index in [0.29, 0.717) is 29.4 Å². The molecule has 0 saturated carbocycles. The Kier molecular flexibility index (Phi) is 6.22. The summed E-state index contributed by atoms with van der Waals surface area (Å²) in [6.07, 6.45) is 2.25. The van der Waals surface area contributed by atoms with E-state index in [1.54, 1.807) is 31.4 Å². The van der Waals surface area contributed by atoms with Crippen LogP contribution in [0.3, 0.4) is 0 Å². The molecule has 1 aromatic heterocycles. The molecule has 0 spiro atoms. The van der Waals surface area contributed by atoms with Gasteiger partial charge < -0.3 is 29.1 Å². The molecule has 1 unspecified atom stereocenters. The van der Waals surface area contributed by atoms with Crippen LogP contribution >= 0.6 is 0 Å². The third kappa shape index (κ3) is 4.34. The Bertz CT molecular complexity index is 1240. The molecule has 0 saturated heterocycles. The van der Waals surface area contributed by atoms with Gasteiger partial charge in [0.25, 0.3) is 0 Å². The smallest absolute Gasteiger partial charge is 0.379 e. The molecular weight excluding hydrogens is 424 g/mol. The van der Waals surface area contributed by atoms with E-state index in [1.807, 2.05) is 25.1 Å². The number of nitriles is 1. The van der Waals surface area contributed by atoms with Crippen LogP contribution in [0.25, 0.3) is 0 Å². The average Bonchev–Trinajstić information content (AvgIpc) is 3.37. The van der Waals surface area contributed by atoms with Gasteiger partial charge in [0.05, 0.1) is 25.9 Å². The molecule has 2 N–H and O–H groups in total. The van der Waals surface area contributed by atoms with Gasteiger partial charge in [0.15, 0.2) is 11.5 Å². The molecule has 8 nitrogen and oxygen atoms in total. The number of ether oxygens (including phenoxy) is 4. The number of esters is 1. The fourth-order valence-electron chi connectivity index (χ4n) is 3.59. The van der Waals surface area contributed by atoms with Crippen molar-refractivity contribution in [3.05, 3.63) is 83.1 Å². The summed E-state index contributed by atoms with van der Waals surface area (Å²) in [4.78, 5) is 12.2. The van der Waals surface area contributed by atoms with E-state index in [4.69, 9.17) is 29.1 Å². The van der Waals surface area contributed by atoms with Gasteiger partial charge in [-0.05, 0) is 42.3 Å². The van der Waals surface area contributed by atoms with Crippen molar-refractivity contribution in [1.29, 1.82) is 5.26 Å². The van der Waals surface area contributed by atoms with Crippen molar-refractivity contribution in [2.45, 2.75) is 19.3 Å². The van der Waals surface area contributed by atoms with Gasteiger partial charge in [-0.3, -0.25) is 0 Å². The summed E-state index contributed by atoms with van der Waals surface area (Å²) in [5, 5.41) is 9.79. The number of allylic oxidation sites excluding steroid dienone is 1. The second kappa shape index (κ2) is 9.40. The van der Waals surface area contributed by atoms with Gasteiger partial charge in [-0.15, -0.1) is 0 Å². The zero-order chi connectivity index (χ0) is 23.4. The number of furan rings is 1. The molecule has 168 valence electrons. The molecule has 4 rings (SSSR count). The molecule has 1 aliphatic heterocycles. The van der Waals surface area contributed by atoms with Gasteiger partial charge in [-0.2, -0.15) is 5.26 Å². The molecular formula is C25H22N2O6. The van der Waals surface area contributed by atoms with Crippen molar-refractivity contribution in [2.24, 2.45) is 5.73 Å². The second-order valence-corrected chi connectivity index (χ2v) is 7.25. The largest absolute Gasteiger partial charge is 0.493 e. The van der Waals surface area contributed by atoms with Crippen LogP contribution in [0.5, 0.6) is 23.0 Å². The minimum Gasteiger partial charge on any atom is -0.493 e. The van der Waals surface area contributed by atoms with Crippen molar-refractivity contribution in [2.75, 3.05) is 13.7 Å². The summed E-state index contributed by atoms with van der Waals surface area (Å²) in [6.45, 7) is 2.58. The summed E-state index contributed by atoms with van der Waals surface area (Å²) in [5.41, 5.74) is 7.83. The lowest BCUT2D eigenvalue weighted by Crippen LogP contribution is -2.21. The lowest BCUT2D eigenvalue weighted by atomic mass is 9.83. The molecule has 33 heavy (non-hydrogen) atoms. The van der Waals surface area contributed by atoms with Crippen LogP contribution in [0.15, 0.2) is 70.7 Å². The lowest BCUT2D eigenvalue weighted by Gasteiger charge is -2.27.